The Labute approximate surface area is 124 Å². The number of hydrogen-bond acceptors (Lipinski definition) is 1. The number of fused-ring (bicyclic) bond motifs is 1. The molecule has 1 saturated heterocycles. The highest BCUT2D eigenvalue weighted by Gasteiger charge is 2.51. The van der Waals surface area contributed by atoms with Crippen LogP contribution in [0.3, 0.4) is 0 Å². The van der Waals surface area contributed by atoms with Crippen LogP contribution < -0.4 is 0 Å². The van der Waals surface area contributed by atoms with Gasteiger partial charge in [0, 0.05) is 17.1 Å². The Kier molecular flexibility index (Phi) is 2.82. The van der Waals surface area contributed by atoms with Gasteiger partial charge in [-0.15, -0.1) is 0 Å². The minimum Gasteiger partial charge on any atom is -0.296 e. The lowest BCUT2D eigenvalue weighted by Gasteiger charge is -2.41. The minimum absolute atomic E-state index is 0.702. The van der Waals surface area contributed by atoms with Gasteiger partial charge >= 0.3 is 0 Å². The summed E-state index contributed by atoms with van der Waals surface area (Å²) in [5.41, 5.74) is 3.88. The third kappa shape index (κ3) is 1.99. The fourth-order valence-corrected chi connectivity index (χ4v) is 4.73. The van der Waals surface area contributed by atoms with Crippen molar-refractivity contribution < 1.29 is 0 Å². The number of benzene rings is 1. The molecule has 102 valence electrons. The van der Waals surface area contributed by atoms with E-state index in [4.69, 9.17) is 0 Å². The molecule has 2 fully saturated rings. The number of halogens is 1. The number of nitrogens with zero attached hydrogens (tertiary/aromatic N) is 1. The molecule has 2 aliphatic carbocycles. The molecule has 2 heteroatoms. The van der Waals surface area contributed by atoms with E-state index >= 15 is 0 Å². The van der Waals surface area contributed by atoms with Crippen molar-refractivity contribution in [3.63, 3.8) is 0 Å². The van der Waals surface area contributed by atoms with E-state index in [1.54, 1.807) is 11.1 Å². The third-order valence-corrected chi connectivity index (χ3v) is 6.39. The summed E-state index contributed by atoms with van der Waals surface area (Å²) >= 11 is 3.60. The maximum absolute atomic E-state index is 3.60. The molecular formula is C17H22BrN. The summed E-state index contributed by atoms with van der Waals surface area (Å²) in [5.74, 6) is 0.953. The lowest BCUT2D eigenvalue weighted by atomic mass is 9.83. The quantitative estimate of drug-likeness (QED) is 0.733. The maximum Gasteiger partial charge on any atom is 0.0354 e. The van der Waals surface area contributed by atoms with Gasteiger partial charge in [0.25, 0.3) is 0 Å². The Bertz CT molecular complexity index is 506. The standard InChI is InChI=1S/C17H22BrN/c1-12-6-9-19(11-17(12)7-8-17)16-5-2-13-10-14(18)3-4-15(13)16/h3-4,10,12,16H,2,5-9,11H2,1H3. The van der Waals surface area contributed by atoms with E-state index in [1.807, 2.05) is 0 Å². The molecule has 0 amide bonds. The van der Waals surface area contributed by atoms with E-state index in [9.17, 15) is 0 Å². The Morgan fingerprint density at radius 3 is 2.89 bits per heavy atom. The maximum atomic E-state index is 3.60. The first-order valence-corrected chi connectivity index (χ1v) is 8.50. The van der Waals surface area contributed by atoms with Crippen LogP contribution in [-0.2, 0) is 6.42 Å². The van der Waals surface area contributed by atoms with Crippen molar-refractivity contribution in [2.45, 2.75) is 45.1 Å². The van der Waals surface area contributed by atoms with Crippen LogP contribution in [0.25, 0.3) is 0 Å². The lowest BCUT2D eigenvalue weighted by Crippen LogP contribution is -2.42. The number of aryl methyl sites for hydroxylation is 1. The second-order valence-electron chi connectivity index (χ2n) is 6.92. The SMILES string of the molecule is CC1CCN(C2CCc3cc(Br)ccc32)CC12CC2. The zero-order chi connectivity index (χ0) is 13.0. The van der Waals surface area contributed by atoms with Crippen LogP contribution in [-0.4, -0.2) is 18.0 Å². The van der Waals surface area contributed by atoms with Gasteiger partial charge < -0.3 is 0 Å². The van der Waals surface area contributed by atoms with E-state index in [-0.39, 0.29) is 0 Å². The zero-order valence-corrected chi connectivity index (χ0v) is 13.2. The highest BCUT2D eigenvalue weighted by atomic mass is 79.9. The molecular weight excluding hydrogens is 298 g/mol. The summed E-state index contributed by atoms with van der Waals surface area (Å²) in [7, 11) is 0. The summed E-state index contributed by atoms with van der Waals surface area (Å²) in [4.78, 5) is 2.80. The lowest BCUT2D eigenvalue weighted by molar-refractivity contribution is 0.0738. The van der Waals surface area contributed by atoms with Crippen LogP contribution in [0.2, 0.25) is 0 Å². The van der Waals surface area contributed by atoms with Crippen molar-refractivity contribution in [3.05, 3.63) is 33.8 Å². The van der Waals surface area contributed by atoms with Crippen LogP contribution in [0.4, 0.5) is 0 Å². The van der Waals surface area contributed by atoms with Gasteiger partial charge in [0.1, 0.15) is 0 Å². The van der Waals surface area contributed by atoms with Gasteiger partial charge in [0.15, 0.2) is 0 Å². The second kappa shape index (κ2) is 4.33. The normalized spacial score (nSPS) is 32.5. The van der Waals surface area contributed by atoms with Crippen molar-refractivity contribution in [3.8, 4) is 0 Å². The summed E-state index contributed by atoms with van der Waals surface area (Å²) in [6.07, 6.45) is 6.95. The fraction of sp³-hybridized carbons (Fsp3) is 0.647. The number of piperidine rings is 1. The fourth-order valence-electron chi connectivity index (χ4n) is 4.33. The molecule has 0 radical (unpaired) electrons. The summed E-state index contributed by atoms with van der Waals surface area (Å²) < 4.78 is 1.23. The predicted octanol–water partition coefficient (Wildman–Crippen LogP) is 4.56. The number of likely N-dealkylation sites (tertiary alicyclic amines) is 1. The zero-order valence-electron chi connectivity index (χ0n) is 11.7. The Morgan fingerprint density at radius 2 is 2.11 bits per heavy atom. The molecule has 0 N–H and O–H groups in total. The summed E-state index contributed by atoms with van der Waals surface area (Å²) in [5, 5.41) is 0. The first-order chi connectivity index (χ1) is 9.18. The van der Waals surface area contributed by atoms with E-state index in [2.05, 4.69) is 46.0 Å². The van der Waals surface area contributed by atoms with Gasteiger partial charge in [-0.2, -0.15) is 0 Å². The van der Waals surface area contributed by atoms with Crippen LogP contribution in [0.1, 0.15) is 49.8 Å². The smallest absolute Gasteiger partial charge is 0.0354 e. The molecule has 19 heavy (non-hydrogen) atoms. The first kappa shape index (κ1) is 12.4. The number of hydrogen-bond donors (Lipinski definition) is 0. The Morgan fingerprint density at radius 1 is 1.26 bits per heavy atom. The minimum atomic E-state index is 0.702. The molecule has 1 heterocycles. The molecule has 1 aromatic carbocycles. The van der Waals surface area contributed by atoms with Crippen molar-refractivity contribution in [1.29, 1.82) is 0 Å². The topological polar surface area (TPSA) is 3.24 Å². The third-order valence-electron chi connectivity index (χ3n) is 5.90. The van der Waals surface area contributed by atoms with Crippen LogP contribution in [0, 0.1) is 11.3 Å². The largest absolute Gasteiger partial charge is 0.296 e. The molecule has 4 rings (SSSR count). The molecule has 1 aromatic rings. The molecule has 0 aromatic heterocycles. The summed E-state index contributed by atoms with van der Waals surface area (Å²) in [6.45, 7) is 5.14. The molecule has 1 spiro atoms. The molecule has 1 aliphatic heterocycles. The van der Waals surface area contributed by atoms with Gasteiger partial charge in [-0.25, -0.2) is 0 Å². The van der Waals surface area contributed by atoms with Gasteiger partial charge in [0.2, 0.25) is 0 Å². The highest BCUT2D eigenvalue weighted by molar-refractivity contribution is 9.10. The van der Waals surface area contributed by atoms with E-state index in [0.29, 0.717) is 11.5 Å². The van der Waals surface area contributed by atoms with E-state index < -0.39 is 0 Å². The highest BCUT2D eigenvalue weighted by Crippen LogP contribution is 2.57. The molecule has 1 nitrogen and oxygen atoms in total. The van der Waals surface area contributed by atoms with Gasteiger partial charge in [0.05, 0.1) is 0 Å². The van der Waals surface area contributed by atoms with Gasteiger partial charge in [-0.1, -0.05) is 28.9 Å². The van der Waals surface area contributed by atoms with Crippen LogP contribution >= 0.6 is 15.9 Å². The monoisotopic (exact) mass is 319 g/mol. The Balaban J connectivity index is 1.59. The van der Waals surface area contributed by atoms with E-state index in [1.165, 1.54) is 49.7 Å². The average molecular weight is 320 g/mol. The van der Waals surface area contributed by atoms with Crippen molar-refractivity contribution in [2.24, 2.45) is 11.3 Å². The van der Waals surface area contributed by atoms with Gasteiger partial charge in [-0.05, 0) is 73.2 Å². The molecule has 2 unspecified atom stereocenters. The molecule has 0 bridgehead atoms. The first-order valence-electron chi connectivity index (χ1n) is 7.70. The number of rotatable bonds is 1. The molecule has 3 aliphatic rings. The van der Waals surface area contributed by atoms with Crippen molar-refractivity contribution in [2.75, 3.05) is 13.1 Å². The Hall–Kier alpha value is -0.340. The van der Waals surface area contributed by atoms with Gasteiger partial charge in [-0.3, -0.25) is 4.90 Å². The second-order valence-corrected chi connectivity index (χ2v) is 7.84. The van der Waals surface area contributed by atoms with Crippen molar-refractivity contribution >= 4 is 15.9 Å². The van der Waals surface area contributed by atoms with E-state index in [0.717, 1.165) is 5.92 Å². The van der Waals surface area contributed by atoms with Crippen LogP contribution in [0.5, 0.6) is 0 Å². The molecule has 2 atom stereocenters. The average Bonchev–Trinajstić information content (AvgIpc) is 3.05. The van der Waals surface area contributed by atoms with Crippen LogP contribution in [0.15, 0.2) is 22.7 Å². The van der Waals surface area contributed by atoms with Crippen molar-refractivity contribution in [1.82, 2.24) is 4.90 Å². The summed E-state index contributed by atoms with van der Waals surface area (Å²) in [6, 6.07) is 7.60. The predicted molar refractivity (Wildman–Crippen MR) is 82.2 cm³/mol. The molecule has 1 saturated carbocycles.